The van der Waals surface area contributed by atoms with Crippen molar-refractivity contribution in [1.29, 1.82) is 0 Å². The molecule has 0 unspecified atom stereocenters. The Hall–Kier alpha value is -1.04. The predicted molar refractivity (Wildman–Crippen MR) is 101 cm³/mol. The summed E-state index contributed by atoms with van der Waals surface area (Å²) < 4.78 is 55.6. The topological polar surface area (TPSA) is 110 Å². The molecule has 0 spiro atoms. The van der Waals surface area contributed by atoms with E-state index in [2.05, 4.69) is 18.7 Å². The summed E-state index contributed by atoms with van der Waals surface area (Å²) in [6.07, 6.45) is 1.92. The lowest BCUT2D eigenvalue weighted by Crippen LogP contribution is -2.53. The number of primary sulfonamides is 1. The van der Waals surface area contributed by atoms with Crippen LogP contribution in [0.4, 0.5) is 0 Å². The van der Waals surface area contributed by atoms with Crippen LogP contribution in [0.3, 0.4) is 0 Å². The molecule has 1 aromatic carbocycles. The van der Waals surface area contributed by atoms with Gasteiger partial charge in [0, 0.05) is 32.2 Å². The van der Waals surface area contributed by atoms with E-state index in [4.69, 9.17) is 9.88 Å². The van der Waals surface area contributed by atoms with Crippen LogP contribution in [0.25, 0.3) is 0 Å². The first kappa shape index (κ1) is 20.7. The van der Waals surface area contributed by atoms with Crippen molar-refractivity contribution in [1.82, 2.24) is 9.21 Å². The molecule has 3 rings (SSSR count). The van der Waals surface area contributed by atoms with Crippen molar-refractivity contribution in [3.8, 4) is 0 Å². The molecule has 2 aliphatic rings. The van der Waals surface area contributed by atoms with Gasteiger partial charge in [0.15, 0.2) is 0 Å². The Labute approximate surface area is 161 Å². The first-order chi connectivity index (χ1) is 12.6. The molecule has 2 atom stereocenters. The van der Waals surface area contributed by atoms with E-state index in [1.807, 2.05) is 0 Å². The monoisotopic (exact) mass is 417 g/mol. The van der Waals surface area contributed by atoms with Gasteiger partial charge in [-0.15, -0.1) is 0 Å². The Bertz CT molecular complexity index is 852. The van der Waals surface area contributed by atoms with Crippen LogP contribution in [0.5, 0.6) is 0 Å². The molecular formula is C17H27N3O5S2. The zero-order chi connectivity index (χ0) is 19.8. The zero-order valence-electron chi connectivity index (χ0n) is 15.6. The first-order valence-electron chi connectivity index (χ1n) is 9.10. The molecular weight excluding hydrogens is 390 g/mol. The molecule has 0 amide bonds. The Balaban J connectivity index is 1.66. The molecule has 2 aliphatic heterocycles. The van der Waals surface area contributed by atoms with E-state index in [1.165, 1.54) is 28.6 Å². The largest absolute Gasteiger partial charge is 0.373 e. The van der Waals surface area contributed by atoms with E-state index >= 15 is 0 Å². The lowest BCUT2D eigenvalue weighted by atomic mass is 10.0. The van der Waals surface area contributed by atoms with Gasteiger partial charge in [-0.1, -0.05) is 0 Å². The maximum absolute atomic E-state index is 12.8. The fourth-order valence-electron chi connectivity index (χ4n) is 3.91. The SMILES string of the molecule is C[C@H]1CN(C2CCN(S(=O)(=O)c3ccc(S(N)(=O)=O)cc3)CC2)C[C@H](C)O1. The van der Waals surface area contributed by atoms with E-state index in [1.54, 1.807) is 0 Å². The van der Waals surface area contributed by atoms with E-state index in [-0.39, 0.29) is 22.0 Å². The standard InChI is InChI=1S/C17H27N3O5S2/c1-13-11-19(12-14(2)25-13)15-7-9-20(10-8-15)27(23,24)17-5-3-16(4-6-17)26(18,21)22/h3-6,13-15H,7-12H2,1-2H3,(H2,18,21,22)/t13-,14-/m0/s1. The van der Waals surface area contributed by atoms with Crippen LogP contribution in [0, 0.1) is 0 Å². The van der Waals surface area contributed by atoms with Gasteiger partial charge in [-0.2, -0.15) is 4.31 Å². The number of nitrogens with two attached hydrogens (primary N) is 1. The van der Waals surface area contributed by atoms with Crippen LogP contribution in [-0.2, 0) is 24.8 Å². The molecule has 2 saturated heterocycles. The average molecular weight is 418 g/mol. The summed E-state index contributed by atoms with van der Waals surface area (Å²) in [5.74, 6) is 0. The van der Waals surface area contributed by atoms with E-state index < -0.39 is 20.0 Å². The highest BCUT2D eigenvalue weighted by Gasteiger charge is 2.34. The van der Waals surface area contributed by atoms with Crippen LogP contribution in [-0.4, -0.2) is 70.5 Å². The van der Waals surface area contributed by atoms with Crippen molar-refractivity contribution in [2.75, 3.05) is 26.2 Å². The molecule has 0 radical (unpaired) electrons. The summed E-state index contributed by atoms with van der Waals surface area (Å²) in [5.41, 5.74) is 0. The summed E-state index contributed by atoms with van der Waals surface area (Å²) in [5, 5.41) is 5.06. The Morgan fingerprint density at radius 3 is 1.89 bits per heavy atom. The molecule has 2 heterocycles. The lowest BCUT2D eigenvalue weighted by Gasteiger charge is -2.43. The van der Waals surface area contributed by atoms with Gasteiger partial charge in [0.05, 0.1) is 22.0 Å². The Morgan fingerprint density at radius 2 is 1.41 bits per heavy atom. The van der Waals surface area contributed by atoms with Gasteiger partial charge in [0.1, 0.15) is 0 Å². The second-order valence-corrected chi connectivity index (χ2v) is 10.9. The maximum atomic E-state index is 12.8. The number of benzene rings is 1. The van der Waals surface area contributed by atoms with Gasteiger partial charge in [0.25, 0.3) is 0 Å². The molecule has 152 valence electrons. The smallest absolute Gasteiger partial charge is 0.243 e. The molecule has 2 fully saturated rings. The number of hydrogen-bond acceptors (Lipinski definition) is 6. The number of piperidine rings is 1. The van der Waals surface area contributed by atoms with E-state index in [0.29, 0.717) is 19.1 Å². The van der Waals surface area contributed by atoms with Gasteiger partial charge < -0.3 is 4.74 Å². The quantitative estimate of drug-likeness (QED) is 0.768. The van der Waals surface area contributed by atoms with Crippen molar-refractivity contribution < 1.29 is 21.6 Å². The van der Waals surface area contributed by atoms with E-state index in [9.17, 15) is 16.8 Å². The number of ether oxygens (including phenoxy) is 1. The summed E-state index contributed by atoms with van der Waals surface area (Å²) in [4.78, 5) is 2.39. The number of hydrogen-bond donors (Lipinski definition) is 1. The number of morpholine rings is 1. The minimum atomic E-state index is -3.84. The van der Waals surface area contributed by atoms with Gasteiger partial charge in [0.2, 0.25) is 20.0 Å². The molecule has 27 heavy (non-hydrogen) atoms. The number of nitrogens with zero attached hydrogens (tertiary/aromatic N) is 2. The van der Waals surface area contributed by atoms with Crippen LogP contribution in [0.1, 0.15) is 26.7 Å². The van der Waals surface area contributed by atoms with Crippen LogP contribution in [0.2, 0.25) is 0 Å². The van der Waals surface area contributed by atoms with Crippen molar-refractivity contribution in [2.24, 2.45) is 5.14 Å². The molecule has 10 heteroatoms. The lowest BCUT2D eigenvalue weighted by molar-refractivity contribution is -0.0847. The highest BCUT2D eigenvalue weighted by atomic mass is 32.2. The Morgan fingerprint density at radius 1 is 0.926 bits per heavy atom. The summed E-state index contributed by atoms with van der Waals surface area (Å²) in [6.45, 7) is 6.77. The third-order valence-electron chi connectivity index (χ3n) is 5.18. The van der Waals surface area contributed by atoms with Crippen molar-refractivity contribution in [3.05, 3.63) is 24.3 Å². The Kier molecular flexibility index (Phi) is 5.95. The molecule has 2 N–H and O–H groups in total. The number of sulfonamides is 2. The van der Waals surface area contributed by atoms with Gasteiger partial charge >= 0.3 is 0 Å². The zero-order valence-corrected chi connectivity index (χ0v) is 17.2. The molecule has 0 saturated carbocycles. The molecule has 0 bridgehead atoms. The third-order valence-corrected chi connectivity index (χ3v) is 8.02. The van der Waals surface area contributed by atoms with Crippen molar-refractivity contribution in [2.45, 2.75) is 54.7 Å². The van der Waals surface area contributed by atoms with Crippen molar-refractivity contribution >= 4 is 20.0 Å². The average Bonchev–Trinajstić information content (AvgIpc) is 2.60. The first-order valence-corrected chi connectivity index (χ1v) is 12.1. The minimum absolute atomic E-state index is 0.0852. The number of rotatable bonds is 4. The highest BCUT2D eigenvalue weighted by Crippen LogP contribution is 2.25. The summed E-state index contributed by atoms with van der Waals surface area (Å²) in [7, 11) is -7.49. The molecule has 0 aliphatic carbocycles. The maximum Gasteiger partial charge on any atom is 0.243 e. The van der Waals surface area contributed by atoms with Gasteiger partial charge in [-0.05, 0) is 51.0 Å². The van der Waals surface area contributed by atoms with Crippen LogP contribution >= 0.6 is 0 Å². The predicted octanol–water partition coefficient (Wildman–Crippen LogP) is 0.596. The van der Waals surface area contributed by atoms with Gasteiger partial charge in [-0.3, -0.25) is 4.90 Å². The summed E-state index contributed by atoms with van der Waals surface area (Å²) in [6, 6.07) is 5.41. The highest BCUT2D eigenvalue weighted by molar-refractivity contribution is 7.89. The normalized spacial score (nSPS) is 26.9. The fraction of sp³-hybridized carbons (Fsp3) is 0.647. The molecule has 1 aromatic rings. The minimum Gasteiger partial charge on any atom is -0.373 e. The van der Waals surface area contributed by atoms with Gasteiger partial charge in [-0.25, -0.2) is 22.0 Å². The molecule has 0 aromatic heterocycles. The van der Waals surface area contributed by atoms with Crippen LogP contribution < -0.4 is 5.14 Å². The fourth-order valence-corrected chi connectivity index (χ4v) is 5.90. The molecule has 8 nitrogen and oxygen atoms in total. The second kappa shape index (κ2) is 7.76. The third kappa shape index (κ3) is 4.69. The van der Waals surface area contributed by atoms with Crippen LogP contribution in [0.15, 0.2) is 34.1 Å². The summed E-state index contributed by atoms with van der Waals surface area (Å²) >= 11 is 0. The van der Waals surface area contributed by atoms with E-state index in [0.717, 1.165) is 25.9 Å². The van der Waals surface area contributed by atoms with Crippen molar-refractivity contribution in [3.63, 3.8) is 0 Å². The second-order valence-electron chi connectivity index (χ2n) is 7.36.